The van der Waals surface area contributed by atoms with Crippen molar-refractivity contribution in [1.82, 2.24) is 14.9 Å². The lowest BCUT2D eigenvalue weighted by Gasteiger charge is -2.36. The molecule has 1 fully saturated rings. The molecule has 0 radical (unpaired) electrons. The first-order chi connectivity index (χ1) is 10.7. The van der Waals surface area contributed by atoms with Crippen LogP contribution in [0.5, 0.6) is 0 Å². The Bertz CT molecular complexity index is 832. The Morgan fingerprint density at radius 1 is 1.23 bits per heavy atom. The van der Waals surface area contributed by atoms with E-state index < -0.39 is 0 Å². The lowest BCUT2D eigenvalue weighted by Crippen LogP contribution is -2.48. The van der Waals surface area contributed by atoms with Gasteiger partial charge in [-0.15, -0.1) is 0 Å². The average molecular weight is 291 g/mol. The molecule has 2 aromatic heterocycles. The van der Waals surface area contributed by atoms with E-state index in [0.29, 0.717) is 11.6 Å². The summed E-state index contributed by atoms with van der Waals surface area (Å²) in [7, 11) is 0. The fourth-order valence-electron chi connectivity index (χ4n) is 3.00. The molecule has 1 aliphatic heterocycles. The van der Waals surface area contributed by atoms with Crippen molar-refractivity contribution in [2.45, 2.75) is 6.92 Å². The number of nitrogens with zero attached hydrogens (tertiary/aromatic N) is 2. The van der Waals surface area contributed by atoms with Crippen LogP contribution in [0.1, 0.15) is 17.4 Å². The number of benzene rings is 1. The number of carbonyl (C=O) groups is 1. The molecule has 1 aliphatic rings. The molecule has 0 atom stereocenters. The van der Waals surface area contributed by atoms with E-state index in [1.54, 1.807) is 6.20 Å². The SMILES string of the molecule is CC1CN(C(=O)c2cc3cc(-c4cccnc4)ccc3[nH]2)C1. The van der Waals surface area contributed by atoms with Gasteiger partial charge in [-0.1, -0.05) is 19.1 Å². The molecule has 0 aliphatic carbocycles. The number of aromatic amines is 1. The van der Waals surface area contributed by atoms with Gasteiger partial charge in [0.25, 0.3) is 5.91 Å². The number of rotatable bonds is 2. The van der Waals surface area contributed by atoms with Gasteiger partial charge in [0.15, 0.2) is 0 Å². The van der Waals surface area contributed by atoms with Crippen molar-refractivity contribution in [2.75, 3.05) is 13.1 Å². The predicted octanol–water partition coefficient (Wildman–Crippen LogP) is 3.32. The maximum atomic E-state index is 12.4. The van der Waals surface area contributed by atoms with E-state index in [1.165, 1.54) is 0 Å². The number of nitrogens with one attached hydrogen (secondary N) is 1. The summed E-state index contributed by atoms with van der Waals surface area (Å²) < 4.78 is 0. The molecule has 0 unspecified atom stereocenters. The molecule has 1 N–H and O–H groups in total. The molecule has 3 heterocycles. The smallest absolute Gasteiger partial charge is 0.270 e. The molecule has 1 saturated heterocycles. The molecule has 4 nitrogen and oxygen atoms in total. The molecule has 3 aromatic rings. The van der Waals surface area contributed by atoms with Gasteiger partial charge < -0.3 is 9.88 Å². The molecule has 4 heteroatoms. The van der Waals surface area contributed by atoms with Crippen molar-refractivity contribution < 1.29 is 4.79 Å². The molecule has 0 saturated carbocycles. The highest BCUT2D eigenvalue weighted by Crippen LogP contribution is 2.25. The van der Waals surface area contributed by atoms with E-state index in [9.17, 15) is 4.79 Å². The van der Waals surface area contributed by atoms with Crippen molar-refractivity contribution in [2.24, 2.45) is 5.92 Å². The zero-order valence-electron chi connectivity index (χ0n) is 12.4. The fourth-order valence-corrected chi connectivity index (χ4v) is 3.00. The number of H-pyrrole nitrogens is 1. The quantitative estimate of drug-likeness (QED) is 0.787. The van der Waals surface area contributed by atoms with Crippen molar-refractivity contribution in [3.8, 4) is 11.1 Å². The summed E-state index contributed by atoms with van der Waals surface area (Å²) in [6, 6.07) is 12.1. The zero-order chi connectivity index (χ0) is 15.1. The Hall–Kier alpha value is -2.62. The number of carbonyl (C=O) groups excluding carboxylic acids is 1. The van der Waals surface area contributed by atoms with Crippen LogP contribution in [0.4, 0.5) is 0 Å². The van der Waals surface area contributed by atoms with Gasteiger partial charge in [0.1, 0.15) is 5.69 Å². The first-order valence-electron chi connectivity index (χ1n) is 7.53. The molecular formula is C18H17N3O. The van der Waals surface area contributed by atoms with Crippen LogP contribution in [0.15, 0.2) is 48.8 Å². The van der Waals surface area contributed by atoms with E-state index in [0.717, 1.165) is 35.1 Å². The van der Waals surface area contributed by atoms with Crippen molar-refractivity contribution in [3.63, 3.8) is 0 Å². The molecule has 22 heavy (non-hydrogen) atoms. The first-order valence-corrected chi connectivity index (χ1v) is 7.53. The van der Waals surface area contributed by atoms with Crippen molar-refractivity contribution in [1.29, 1.82) is 0 Å². The van der Waals surface area contributed by atoms with Gasteiger partial charge in [-0.2, -0.15) is 0 Å². The molecule has 110 valence electrons. The van der Waals surface area contributed by atoms with Gasteiger partial charge in [-0.05, 0) is 35.7 Å². The minimum absolute atomic E-state index is 0.0947. The summed E-state index contributed by atoms with van der Waals surface area (Å²) in [4.78, 5) is 21.7. The minimum atomic E-state index is 0.0947. The van der Waals surface area contributed by atoms with E-state index in [-0.39, 0.29) is 5.91 Å². The van der Waals surface area contributed by atoms with E-state index in [4.69, 9.17) is 0 Å². The lowest BCUT2D eigenvalue weighted by atomic mass is 10.0. The van der Waals surface area contributed by atoms with Crippen LogP contribution < -0.4 is 0 Å². The Balaban J connectivity index is 1.68. The number of likely N-dealkylation sites (tertiary alicyclic amines) is 1. The van der Waals surface area contributed by atoms with Gasteiger partial charge in [-0.25, -0.2) is 0 Å². The number of hydrogen-bond acceptors (Lipinski definition) is 2. The van der Waals surface area contributed by atoms with Gasteiger partial charge in [-0.3, -0.25) is 9.78 Å². The van der Waals surface area contributed by atoms with Crippen molar-refractivity contribution >= 4 is 16.8 Å². The van der Waals surface area contributed by atoms with Crippen molar-refractivity contribution in [3.05, 3.63) is 54.5 Å². The number of aromatic nitrogens is 2. The highest BCUT2D eigenvalue weighted by molar-refractivity contribution is 5.99. The molecule has 1 amide bonds. The zero-order valence-corrected chi connectivity index (χ0v) is 12.4. The Labute approximate surface area is 128 Å². The Morgan fingerprint density at radius 2 is 2.09 bits per heavy atom. The molecular weight excluding hydrogens is 274 g/mol. The van der Waals surface area contributed by atoms with Crippen LogP contribution in [-0.4, -0.2) is 33.9 Å². The standard InChI is InChI=1S/C18H17N3O/c1-12-10-21(11-12)18(22)17-8-15-7-13(4-5-16(15)20-17)14-3-2-6-19-9-14/h2-9,12,20H,10-11H2,1H3. The summed E-state index contributed by atoms with van der Waals surface area (Å²) in [6.45, 7) is 3.87. The van der Waals surface area contributed by atoms with Crippen LogP contribution in [0.25, 0.3) is 22.0 Å². The van der Waals surface area contributed by atoms with Crippen LogP contribution in [-0.2, 0) is 0 Å². The lowest BCUT2D eigenvalue weighted by molar-refractivity contribution is 0.0525. The van der Waals surface area contributed by atoms with Gasteiger partial charge >= 0.3 is 0 Å². The second-order valence-corrected chi connectivity index (χ2v) is 6.04. The number of pyridine rings is 1. The van der Waals surface area contributed by atoms with Crippen LogP contribution in [0.2, 0.25) is 0 Å². The Kier molecular flexibility index (Phi) is 2.96. The summed E-state index contributed by atoms with van der Waals surface area (Å²) in [5.74, 6) is 0.711. The van der Waals surface area contributed by atoms with Gasteiger partial charge in [0.2, 0.25) is 0 Å². The van der Waals surface area contributed by atoms with Gasteiger partial charge in [0, 0.05) is 41.9 Å². The van der Waals surface area contributed by atoms with Crippen LogP contribution >= 0.6 is 0 Å². The predicted molar refractivity (Wildman–Crippen MR) is 86.6 cm³/mol. The number of amides is 1. The van der Waals surface area contributed by atoms with E-state index in [1.807, 2.05) is 35.4 Å². The van der Waals surface area contributed by atoms with Gasteiger partial charge in [0.05, 0.1) is 0 Å². The monoisotopic (exact) mass is 291 g/mol. The van der Waals surface area contributed by atoms with E-state index in [2.05, 4.69) is 29.0 Å². The second kappa shape index (κ2) is 4.98. The summed E-state index contributed by atoms with van der Waals surface area (Å²) >= 11 is 0. The highest BCUT2D eigenvalue weighted by atomic mass is 16.2. The second-order valence-electron chi connectivity index (χ2n) is 6.04. The summed E-state index contributed by atoms with van der Waals surface area (Å²) in [6.07, 6.45) is 3.62. The fraction of sp³-hybridized carbons (Fsp3) is 0.222. The Morgan fingerprint density at radius 3 is 2.82 bits per heavy atom. The van der Waals surface area contributed by atoms with Crippen LogP contribution in [0.3, 0.4) is 0 Å². The summed E-state index contributed by atoms with van der Waals surface area (Å²) in [5.41, 5.74) is 3.85. The number of hydrogen-bond donors (Lipinski definition) is 1. The first kappa shape index (κ1) is 13.1. The van der Waals surface area contributed by atoms with Crippen LogP contribution in [0, 0.1) is 5.92 Å². The third-order valence-electron chi connectivity index (χ3n) is 4.20. The third kappa shape index (κ3) is 2.17. The molecule has 4 rings (SSSR count). The third-order valence-corrected chi connectivity index (χ3v) is 4.20. The molecule has 1 aromatic carbocycles. The molecule has 0 spiro atoms. The topological polar surface area (TPSA) is 49.0 Å². The molecule has 0 bridgehead atoms. The average Bonchev–Trinajstić information content (AvgIpc) is 2.95. The minimum Gasteiger partial charge on any atom is -0.351 e. The maximum Gasteiger partial charge on any atom is 0.270 e. The summed E-state index contributed by atoms with van der Waals surface area (Å²) in [5, 5.41) is 1.05. The largest absolute Gasteiger partial charge is 0.351 e. The number of fused-ring (bicyclic) bond motifs is 1. The maximum absolute atomic E-state index is 12.4. The highest BCUT2D eigenvalue weighted by Gasteiger charge is 2.28. The normalized spacial score (nSPS) is 15.0. The van der Waals surface area contributed by atoms with E-state index >= 15 is 0 Å².